The number of halogens is 1. The van der Waals surface area contributed by atoms with Crippen LogP contribution in [0.15, 0.2) is 47.5 Å². The SMILES string of the molecule is Cc1ccccc1N=CC(=CN)OCCNc1ncnc(C)c1Cl. The van der Waals surface area contributed by atoms with Crippen LogP contribution in [0.1, 0.15) is 11.3 Å². The molecule has 126 valence electrons. The van der Waals surface area contributed by atoms with Crippen molar-refractivity contribution in [2.24, 2.45) is 10.7 Å². The van der Waals surface area contributed by atoms with Crippen molar-refractivity contribution >= 4 is 29.3 Å². The van der Waals surface area contributed by atoms with Crippen molar-refractivity contribution in [1.82, 2.24) is 9.97 Å². The number of aliphatic imine (C=N–C) groups is 1. The molecule has 7 heteroatoms. The van der Waals surface area contributed by atoms with Crippen LogP contribution in [0, 0.1) is 13.8 Å². The smallest absolute Gasteiger partial charge is 0.153 e. The lowest BCUT2D eigenvalue weighted by Gasteiger charge is -2.09. The van der Waals surface area contributed by atoms with Gasteiger partial charge in [-0.15, -0.1) is 0 Å². The fraction of sp³-hybridized carbons (Fsp3) is 0.235. The van der Waals surface area contributed by atoms with Gasteiger partial charge < -0.3 is 15.8 Å². The van der Waals surface area contributed by atoms with Crippen LogP contribution >= 0.6 is 11.6 Å². The quantitative estimate of drug-likeness (QED) is 0.456. The summed E-state index contributed by atoms with van der Waals surface area (Å²) in [5.41, 5.74) is 8.26. The molecule has 3 N–H and O–H groups in total. The number of hydrogen-bond donors (Lipinski definition) is 2. The van der Waals surface area contributed by atoms with Crippen molar-refractivity contribution in [2.75, 3.05) is 18.5 Å². The van der Waals surface area contributed by atoms with Crippen LogP contribution in [0.5, 0.6) is 0 Å². The largest absolute Gasteiger partial charge is 0.489 e. The van der Waals surface area contributed by atoms with Gasteiger partial charge in [-0.05, 0) is 25.5 Å². The third-order valence-corrected chi connectivity index (χ3v) is 3.69. The average molecular weight is 346 g/mol. The molecule has 1 heterocycles. The molecule has 0 fully saturated rings. The highest BCUT2D eigenvalue weighted by Gasteiger charge is 2.04. The van der Waals surface area contributed by atoms with E-state index < -0.39 is 0 Å². The zero-order chi connectivity index (χ0) is 17.4. The molecule has 0 unspecified atom stereocenters. The van der Waals surface area contributed by atoms with Crippen molar-refractivity contribution in [3.8, 4) is 0 Å². The predicted octanol–water partition coefficient (Wildman–Crippen LogP) is 3.38. The van der Waals surface area contributed by atoms with E-state index in [1.807, 2.05) is 38.1 Å². The molecular weight excluding hydrogens is 326 g/mol. The van der Waals surface area contributed by atoms with E-state index in [-0.39, 0.29) is 0 Å². The van der Waals surface area contributed by atoms with Gasteiger partial charge in [0.15, 0.2) is 5.76 Å². The maximum atomic E-state index is 6.11. The van der Waals surface area contributed by atoms with Crippen molar-refractivity contribution in [3.63, 3.8) is 0 Å². The van der Waals surface area contributed by atoms with Crippen LogP contribution in [0.25, 0.3) is 0 Å². The number of allylic oxidation sites excluding steroid dienone is 1. The number of aromatic nitrogens is 2. The molecule has 0 bridgehead atoms. The summed E-state index contributed by atoms with van der Waals surface area (Å²) < 4.78 is 5.58. The first kappa shape index (κ1) is 17.7. The van der Waals surface area contributed by atoms with Crippen LogP contribution < -0.4 is 11.1 Å². The number of anilines is 1. The molecule has 0 spiro atoms. The van der Waals surface area contributed by atoms with Crippen molar-refractivity contribution in [3.05, 3.63) is 58.8 Å². The van der Waals surface area contributed by atoms with Crippen molar-refractivity contribution in [2.45, 2.75) is 13.8 Å². The van der Waals surface area contributed by atoms with Crippen molar-refractivity contribution < 1.29 is 4.74 Å². The summed E-state index contributed by atoms with van der Waals surface area (Å²) in [7, 11) is 0. The van der Waals surface area contributed by atoms with E-state index in [1.54, 1.807) is 6.21 Å². The zero-order valence-electron chi connectivity index (χ0n) is 13.7. The van der Waals surface area contributed by atoms with Gasteiger partial charge in [-0.2, -0.15) is 0 Å². The first-order valence-corrected chi connectivity index (χ1v) is 7.85. The minimum absolute atomic E-state index is 0.391. The fourth-order valence-corrected chi connectivity index (χ4v) is 2.05. The second-order valence-electron chi connectivity index (χ2n) is 5.01. The topological polar surface area (TPSA) is 85.4 Å². The van der Waals surface area contributed by atoms with Crippen molar-refractivity contribution in [1.29, 1.82) is 0 Å². The lowest BCUT2D eigenvalue weighted by Crippen LogP contribution is -2.12. The highest BCUT2D eigenvalue weighted by molar-refractivity contribution is 6.33. The van der Waals surface area contributed by atoms with Crippen LogP contribution in [0.3, 0.4) is 0 Å². The number of nitrogens with two attached hydrogens (primary N) is 1. The third kappa shape index (κ3) is 4.96. The summed E-state index contributed by atoms with van der Waals surface area (Å²) in [4.78, 5) is 12.5. The normalized spacial score (nSPS) is 11.7. The van der Waals surface area contributed by atoms with E-state index in [2.05, 4.69) is 20.3 Å². The molecule has 0 atom stereocenters. The van der Waals surface area contributed by atoms with Crippen LogP contribution in [0.2, 0.25) is 5.02 Å². The Hall–Kier alpha value is -2.60. The minimum Gasteiger partial charge on any atom is -0.489 e. The number of rotatable bonds is 7. The standard InChI is InChI=1S/C17H20ClN5O/c1-12-5-3-4-6-15(12)21-10-14(9-19)24-8-7-20-17-16(18)13(2)22-11-23-17/h3-6,9-11H,7-8,19H2,1-2H3,(H,20,22,23). The molecule has 0 aliphatic carbocycles. The highest BCUT2D eigenvalue weighted by Crippen LogP contribution is 2.20. The summed E-state index contributed by atoms with van der Waals surface area (Å²) in [5, 5.41) is 3.60. The Morgan fingerprint density at radius 2 is 2.12 bits per heavy atom. The minimum atomic E-state index is 0.391. The molecule has 0 saturated heterocycles. The Morgan fingerprint density at radius 1 is 1.33 bits per heavy atom. The number of nitrogens with zero attached hydrogens (tertiary/aromatic N) is 3. The van der Waals surface area contributed by atoms with E-state index >= 15 is 0 Å². The lowest BCUT2D eigenvalue weighted by molar-refractivity contribution is 0.245. The molecule has 0 radical (unpaired) electrons. The summed E-state index contributed by atoms with van der Waals surface area (Å²) in [5.74, 6) is 1.07. The van der Waals surface area contributed by atoms with Gasteiger partial charge in [0.2, 0.25) is 0 Å². The number of benzene rings is 1. The second kappa shape index (κ2) is 8.88. The van der Waals surface area contributed by atoms with E-state index in [9.17, 15) is 0 Å². The van der Waals surface area contributed by atoms with E-state index in [0.29, 0.717) is 29.8 Å². The first-order chi connectivity index (χ1) is 11.6. The Kier molecular flexibility index (Phi) is 6.57. The van der Waals surface area contributed by atoms with Crippen LogP contribution in [-0.2, 0) is 4.74 Å². The molecule has 24 heavy (non-hydrogen) atoms. The van der Waals surface area contributed by atoms with Gasteiger partial charge in [0.1, 0.15) is 23.8 Å². The number of aryl methyl sites for hydroxylation is 2. The molecule has 2 rings (SSSR count). The number of nitrogens with one attached hydrogen (secondary N) is 1. The van der Waals surface area contributed by atoms with Gasteiger partial charge in [0.05, 0.1) is 24.1 Å². The average Bonchev–Trinajstić information content (AvgIpc) is 2.59. The van der Waals surface area contributed by atoms with Gasteiger partial charge in [0.25, 0.3) is 0 Å². The van der Waals surface area contributed by atoms with Gasteiger partial charge >= 0.3 is 0 Å². The van der Waals surface area contributed by atoms with Gasteiger partial charge in [-0.3, -0.25) is 4.99 Å². The fourth-order valence-electron chi connectivity index (χ4n) is 1.89. The lowest BCUT2D eigenvalue weighted by atomic mass is 10.2. The summed E-state index contributed by atoms with van der Waals surface area (Å²) in [6.07, 6.45) is 4.44. The molecule has 0 aliphatic rings. The Morgan fingerprint density at radius 3 is 2.88 bits per heavy atom. The van der Waals surface area contributed by atoms with Crippen LogP contribution in [0.4, 0.5) is 11.5 Å². The zero-order valence-corrected chi connectivity index (χ0v) is 14.4. The highest BCUT2D eigenvalue weighted by atomic mass is 35.5. The Bertz CT molecular complexity index is 746. The van der Waals surface area contributed by atoms with Gasteiger partial charge in [0, 0.05) is 6.20 Å². The van der Waals surface area contributed by atoms with E-state index in [0.717, 1.165) is 16.9 Å². The Balaban J connectivity index is 1.84. The predicted molar refractivity (Wildman–Crippen MR) is 97.8 cm³/mol. The number of hydrogen-bond acceptors (Lipinski definition) is 6. The van der Waals surface area contributed by atoms with E-state index in [4.69, 9.17) is 22.1 Å². The molecule has 1 aromatic carbocycles. The molecule has 0 saturated carbocycles. The van der Waals surface area contributed by atoms with Crippen LogP contribution in [-0.4, -0.2) is 29.3 Å². The number of para-hydroxylation sites is 1. The molecule has 1 aromatic heterocycles. The molecule has 0 aliphatic heterocycles. The summed E-state index contributed by atoms with van der Waals surface area (Å²) in [6, 6.07) is 7.83. The molecule has 0 amide bonds. The monoisotopic (exact) mass is 345 g/mol. The third-order valence-electron chi connectivity index (χ3n) is 3.24. The Labute approximate surface area is 146 Å². The maximum Gasteiger partial charge on any atom is 0.153 e. The second-order valence-corrected chi connectivity index (χ2v) is 5.39. The van der Waals surface area contributed by atoms with Gasteiger partial charge in [-0.1, -0.05) is 29.8 Å². The molecular formula is C17H20ClN5O. The summed E-state index contributed by atoms with van der Waals surface area (Å²) in [6.45, 7) is 4.73. The molecule has 6 nitrogen and oxygen atoms in total. The summed E-state index contributed by atoms with van der Waals surface area (Å²) >= 11 is 6.11. The van der Waals surface area contributed by atoms with Gasteiger partial charge in [-0.25, -0.2) is 9.97 Å². The first-order valence-electron chi connectivity index (χ1n) is 7.47. The molecule has 2 aromatic rings. The maximum absolute atomic E-state index is 6.11. The number of ether oxygens (including phenoxy) is 1. The van der Waals surface area contributed by atoms with E-state index in [1.165, 1.54) is 12.5 Å².